The standard InChI is InChI=1S/C65H55N5O11S2/c1-76-51-35-33-46(53(37-51)77-2)39-79-63(75)57-47(34-36-54(71)78-3)40-82-61-56(60(73)70(57)61)67-59(72)55(69-80-38-42-29-31-45(32-30-42)62(74)81-58(43-19-9-4-10-20-43)44-21-11-5-12-22-44)52-41-83-64(66-52)68-65(48-23-13-6-14-24-48,49-25-15-7-16-26-49)50-27-17-8-18-28-50/h4-37,41,56,58,61H,38-40H2,1-3H3,(H,66,68)(H,67,72)/b36-34-,69-55-/t56-,61-/m1/s1. The van der Waals surface area contributed by atoms with Gasteiger partial charge in [-0.3, -0.25) is 14.5 Å². The Morgan fingerprint density at radius 1 is 0.723 bits per heavy atom. The molecule has 7 aromatic carbocycles. The number of nitrogens with zero attached hydrogens (tertiary/aromatic N) is 3. The van der Waals surface area contributed by atoms with E-state index in [1.165, 1.54) is 55.4 Å². The molecule has 418 valence electrons. The second-order valence-corrected chi connectivity index (χ2v) is 20.8. The molecule has 18 heteroatoms. The number of methoxy groups -OCH3 is 3. The minimum atomic E-state index is -1.15. The van der Waals surface area contributed by atoms with Crippen LogP contribution < -0.4 is 20.1 Å². The number of thiazole rings is 1. The van der Waals surface area contributed by atoms with Crippen LogP contribution in [-0.4, -0.2) is 83.8 Å². The molecule has 1 aromatic heterocycles. The molecular weight excluding hydrogens is 1090 g/mol. The predicted octanol–water partition coefficient (Wildman–Crippen LogP) is 10.6. The van der Waals surface area contributed by atoms with Crippen molar-refractivity contribution in [1.29, 1.82) is 0 Å². The number of nitrogens with one attached hydrogen (secondary N) is 2. The molecule has 10 rings (SSSR count). The topological polar surface area (TPSA) is 193 Å². The number of amides is 2. The van der Waals surface area contributed by atoms with E-state index in [1.54, 1.807) is 47.8 Å². The molecule has 0 radical (unpaired) electrons. The summed E-state index contributed by atoms with van der Waals surface area (Å²) in [6.45, 7) is -0.357. The van der Waals surface area contributed by atoms with E-state index in [0.717, 1.165) is 33.9 Å². The van der Waals surface area contributed by atoms with E-state index in [2.05, 4.69) is 15.8 Å². The van der Waals surface area contributed by atoms with E-state index < -0.39 is 52.8 Å². The van der Waals surface area contributed by atoms with Crippen molar-refractivity contribution in [2.24, 2.45) is 5.16 Å². The summed E-state index contributed by atoms with van der Waals surface area (Å²) in [5.74, 6) is -2.36. The highest BCUT2D eigenvalue weighted by Crippen LogP contribution is 2.43. The van der Waals surface area contributed by atoms with Crippen LogP contribution in [-0.2, 0) is 57.0 Å². The molecule has 0 unspecified atom stereocenters. The lowest BCUT2D eigenvalue weighted by molar-refractivity contribution is -0.153. The van der Waals surface area contributed by atoms with Crippen LogP contribution in [0.15, 0.2) is 228 Å². The summed E-state index contributed by atoms with van der Waals surface area (Å²) in [7, 11) is 4.22. The number of thioether (sulfide) groups is 1. The fraction of sp³-hybridized carbons (Fsp3) is 0.154. The maximum Gasteiger partial charge on any atom is 0.355 e. The number of hydrogen-bond donors (Lipinski definition) is 2. The second kappa shape index (κ2) is 26.2. The first-order valence-electron chi connectivity index (χ1n) is 26.2. The van der Waals surface area contributed by atoms with Gasteiger partial charge in [-0.1, -0.05) is 169 Å². The van der Waals surface area contributed by atoms with Crippen LogP contribution in [0, 0.1) is 0 Å². The molecule has 16 nitrogen and oxygen atoms in total. The molecule has 0 saturated carbocycles. The summed E-state index contributed by atoms with van der Waals surface area (Å²) in [6.07, 6.45) is 1.92. The Hall–Kier alpha value is -9.78. The lowest BCUT2D eigenvalue weighted by Crippen LogP contribution is -2.71. The van der Waals surface area contributed by atoms with E-state index in [0.29, 0.717) is 38.9 Å². The number of carbonyl (C=O) groups excluding carboxylic acids is 5. The second-order valence-electron chi connectivity index (χ2n) is 18.9. The molecule has 2 aliphatic heterocycles. The van der Waals surface area contributed by atoms with Gasteiger partial charge in [0.25, 0.3) is 11.8 Å². The Morgan fingerprint density at radius 3 is 1.88 bits per heavy atom. The first-order valence-corrected chi connectivity index (χ1v) is 28.1. The van der Waals surface area contributed by atoms with Crippen LogP contribution in [0.3, 0.4) is 0 Å². The lowest BCUT2D eigenvalue weighted by atomic mass is 9.77. The first-order chi connectivity index (χ1) is 40.6. The van der Waals surface area contributed by atoms with E-state index in [1.807, 2.05) is 152 Å². The van der Waals surface area contributed by atoms with Crippen LogP contribution in [0.1, 0.15) is 61.1 Å². The van der Waals surface area contributed by atoms with Crippen molar-refractivity contribution < 1.29 is 52.5 Å². The number of hydrogen-bond acceptors (Lipinski definition) is 16. The average molecular weight is 1150 g/mol. The van der Waals surface area contributed by atoms with Gasteiger partial charge >= 0.3 is 17.9 Å². The van der Waals surface area contributed by atoms with Crippen LogP contribution in [0.5, 0.6) is 11.5 Å². The van der Waals surface area contributed by atoms with Gasteiger partial charge in [0, 0.05) is 28.8 Å². The first kappa shape index (κ1) is 56.5. The van der Waals surface area contributed by atoms with Gasteiger partial charge in [-0.05, 0) is 69.3 Å². The third kappa shape index (κ3) is 12.6. The largest absolute Gasteiger partial charge is 0.497 e. The van der Waals surface area contributed by atoms with E-state index in [9.17, 15) is 24.0 Å². The van der Waals surface area contributed by atoms with Gasteiger partial charge in [0.15, 0.2) is 16.9 Å². The zero-order chi connectivity index (χ0) is 57.7. The maximum absolute atomic E-state index is 14.8. The highest BCUT2D eigenvalue weighted by atomic mass is 32.2. The molecular formula is C65H55N5O11S2. The van der Waals surface area contributed by atoms with E-state index in [-0.39, 0.29) is 36.1 Å². The molecule has 0 aliphatic carbocycles. The van der Waals surface area contributed by atoms with Crippen molar-refractivity contribution in [3.63, 3.8) is 0 Å². The van der Waals surface area contributed by atoms with Crippen molar-refractivity contribution in [1.82, 2.24) is 15.2 Å². The molecule has 1 fully saturated rings. The van der Waals surface area contributed by atoms with Gasteiger partial charge in [-0.25, -0.2) is 19.4 Å². The van der Waals surface area contributed by atoms with Crippen molar-refractivity contribution in [2.75, 3.05) is 32.4 Å². The molecule has 0 spiro atoms. The Morgan fingerprint density at radius 2 is 1.31 bits per heavy atom. The fourth-order valence-electron chi connectivity index (χ4n) is 9.64. The van der Waals surface area contributed by atoms with Crippen LogP contribution in [0.4, 0.5) is 5.13 Å². The quantitative estimate of drug-likeness (QED) is 0.0124. The van der Waals surface area contributed by atoms with Crippen molar-refractivity contribution in [2.45, 2.75) is 36.3 Å². The summed E-state index contributed by atoms with van der Waals surface area (Å²) in [4.78, 5) is 81.5. The highest BCUT2D eigenvalue weighted by molar-refractivity contribution is 8.00. The van der Waals surface area contributed by atoms with E-state index in [4.69, 9.17) is 33.5 Å². The third-order valence-corrected chi connectivity index (χ3v) is 15.9. The number of anilines is 1. The zero-order valence-corrected chi connectivity index (χ0v) is 46.8. The number of allylic oxidation sites excluding steroid dienone is 1. The summed E-state index contributed by atoms with van der Waals surface area (Å²) in [6, 6.07) is 59.5. The predicted molar refractivity (Wildman–Crippen MR) is 315 cm³/mol. The Labute approximate surface area is 487 Å². The lowest BCUT2D eigenvalue weighted by Gasteiger charge is -2.49. The number of benzene rings is 7. The van der Waals surface area contributed by atoms with Gasteiger partial charge in [-0.15, -0.1) is 23.1 Å². The van der Waals surface area contributed by atoms with Gasteiger partial charge in [-0.2, -0.15) is 0 Å². The molecule has 83 heavy (non-hydrogen) atoms. The molecule has 2 aliphatic rings. The molecule has 8 aromatic rings. The number of ether oxygens (including phenoxy) is 5. The SMILES string of the molecule is COC(=O)/C=C\C1=C(C(=O)OCc2ccc(OC)cc2OC)N2C(=O)[C@@H](NC(=O)/C(=N\OCc3ccc(C(=O)OC(c4ccccc4)c4ccccc4)cc3)c3csc(NC(c4ccccc4)(c4ccccc4)c4ccccc4)n3)[C@H]2SC1. The Kier molecular flexibility index (Phi) is 17.8. The third-order valence-electron chi connectivity index (χ3n) is 13.8. The summed E-state index contributed by atoms with van der Waals surface area (Å²) >= 11 is 2.52. The number of rotatable bonds is 22. The normalized spacial score (nSPS) is 15.0. The minimum absolute atomic E-state index is 0.102. The molecule has 2 N–H and O–H groups in total. The van der Waals surface area contributed by atoms with Gasteiger partial charge in [0.2, 0.25) is 0 Å². The monoisotopic (exact) mass is 1150 g/mol. The number of fused-ring (bicyclic) bond motifs is 1. The number of β-lactam (4-membered cyclic amide) rings is 1. The van der Waals surface area contributed by atoms with Crippen LogP contribution in [0.25, 0.3) is 0 Å². The number of aromatic nitrogens is 1. The van der Waals surface area contributed by atoms with Gasteiger partial charge in [0.05, 0.1) is 26.9 Å². The zero-order valence-electron chi connectivity index (χ0n) is 45.2. The summed E-state index contributed by atoms with van der Waals surface area (Å²) in [5, 5.41) is 12.3. The van der Waals surface area contributed by atoms with Crippen LogP contribution >= 0.6 is 23.1 Å². The van der Waals surface area contributed by atoms with Gasteiger partial charge in [0.1, 0.15) is 53.1 Å². The highest BCUT2D eigenvalue weighted by Gasteiger charge is 2.54. The van der Waals surface area contributed by atoms with Crippen molar-refractivity contribution >= 4 is 63.7 Å². The number of esters is 3. The average Bonchev–Trinajstić information content (AvgIpc) is 3.52. The van der Waals surface area contributed by atoms with E-state index >= 15 is 0 Å². The number of oxime groups is 1. The molecule has 3 heterocycles. The van der Waals surface area contributed by atoms with Crippen molar-refractivity contribution in [3.8, 4) is 11.5 Å². The molecule has 1 saturated heterocycles. The van der Waals surface area contributed by atoms with Crippen molar-refractivity contribution in [3.05, 3.63) is 273 Å². The molecule has 2 amide bonds. The van der Waals surface area contributed by atoms with Crippen LogP contribution in [0.2, 0.25) is 0 Å². The smallest absolute Gasteiger partial charge is 0.355 e. The summed E-state index contributed by atoms with van der Waals surface area (Å²) < 4.78 is 27.5. The number of carbonyl (C=O) groups is 5. The Bertz CT molecular complexity index is 3560. The van der Waals surface area contributed by atoms with Gasteiger partial charge < -0.3 is 39.2 Å². The molecule has 0 bridgehead atoms. The molecule has 2 atom stereocenters. The fourth-order valence-corrected chi connectivity index (χ4v) is 11.7. The summed E-state index contributed by atoms with van der Waals surface area (Å²) in [5.41, 5.74) is 5.02. The minimum Gasteiger partial charge on any atom is -0.497 e. The maximum atomic E-state index is 14.8. The Balaban J connectivity index is 0.930.